The number of aryl methyl sites for hydroxylation is 1. The second-order valence-electron chi connectivity index (χ2n) is 6.00. The topological polar surface area (TPSA) is 44.6 Å². The van der Waals surface area contributed by atoms with Crippen LogP contribution in [-0.4, -0.2) is 55.2 Å². The van der Waals surface area contributed by atoms with Crippen molar-refractivity contribution in [1.29, 1.82) is 0 Å². The van der Waals surface area contributed by atoms with Gasteiger partial charge in [0.15, 0.2) is 5.96 Å². The second-order valence-corrected chi connectivity index (χ2v) is 6.00. The molecule has 1 heterocycles. The minimum Gasteiger partial charge on any atom is -0.357 e. The van der Waals surface area contributed by atoms with E-state index in [9.17, 15) is 0 Å². The van der Waals surface area contributed by atoms with Crippen molar-refractivity contribution in [3.05, 3.63) is 36.5 Å². The Labute approximate surface area is 168 Å². The van der Waals surface area contributed by atoms with E-state index in [0.29, 0.717) is 0 Å². The van der Waals surface area contributed by atoms with E-state index in [2.05, 4.69) is 82.5 Å². The Bertz CT molecular complexity index is 638. The van der Waals surface area contributed by atoms with E-state index in [1.165, 1.54) is 10.9 Å². The molecule has 0 saturated heterocycles. The molecule has 0 amide bonds. The summed E-state index contributed by atoms with van der Waals surface area (Å²) in [5.41, 5.74) is 1.30. The molecule has 0 fully saturated rings. The maximum Gasteiger partial charge on any atom is 0.191 e. The molecule has 0 saturated carbocycles. The maximum absolute atomic E-state index is 4.68. The molecule has 140 valence electrons. The number of nitrogens with one attached hydrogen (secondary N) is 2. The summed E-state index contributed by atoms with van der Waals surface area (Å²) in [4.78, 5) is 6.96. The highest BCUT2D eigenvalue weighted by Crippen LogP contribution is 2.15. The summed E-state index contributed by atoms with van der Waals surface area (Å²) in [7, 11) is 2.13. The number of aromatic nitrogens is 1. The van der Waals surface area contributed by atoms with Crippen LogP contribution in [0.2, 0.25) is 0 Å². The minimum atomic E-state index is 0. The van der Waals surface area contributed by atoms with E-state index in [1.807, 2.05) is 0 Å². The summed E-state index contributed by atoms with van der Waals surface area (Å²) in [6.45, 7) is 9.98. The van der Waals surface area contributed by atoms with Crippen molar-refractivity contribution in [2.24, 2.45) is 4.99 Å². The van der Waals surface area contributed by atoms with Crippen LogP contribution in [0.3, 0.4) is 0 Å². The van der Waals surface area contributed by atoms with Gasteiger partial charge in [-0.25, -0.2) is 0 Å². The van der Waals surface area contributed by atoms with Crippen LogP contribution in [0.15, 0.2) is 41.5 Å². The molecule has 2 N–H and O–H groups in total. The van der Waals surface area contributed by atoms with E-state index < -0.39 is 0 Å². The fourth-order valence-electron chi connectivity index (χ4n) is 2.63. The molecular formula is C19H32IN5. The van der Waals surface area contributed by atoms with Crippen molar-refractivity contribution >= 4 is 40.8 Å². The molecule has 0 aliphatic heterocycles. The number of halogens is 1. The maximum atomic E-state index is 4.68. The largest absolute Gasteiger partial charge is 0.357 e. The van der Waals surface area contributed by atoms with Crippen LogP contribution < -0.4 is 10.6 Å². The molecule has 6 heteroatoms. The van der Waals surface area contributed by atoms with Crippen molar-refractivity contribution in [1.82, 2.24) is 20.1 Å². The third kappa shape index (κ3) is 7.23. The zero-order chi connectivity index (χ0) is 17.2. The van der Waals surface area contributed by atoms with E-state index in [1.54, 1.807) is 0 Å². The average molecular weight is 457 g/mol. The molecular weight excluding hydrogens is 425 g/mol. The van der Waals surface area contributed by atoms with Gasteiger partial charge in [-0.3, -0.25) is 4.99 Å². The summed E-state index contributed by atoms with van der Waals surface area (Å²) < 4.78 is 2.31. The molecule has 1 aromatic carbocycles. The first-order valence-electron chi connectivity index (χ1n) is 8.99. The smallest absolute Gasteiger partial charge is 0.191 e. The van der Waals surface area contributed by atoms with Gasteiger partial charge < -0.3 is 20.1 Å². The average Bonchev–Trinajstić information content (AvgIpc) is 3.01. The van der Waals surface area contributed by atoms with Gasteiger partial charge in [-0.05, 0) is 44.5 Å². The van der Waals surface area contributed by atoms with Gasteiger partial charge in [-0.2, -0.15) is 0 Å². The van der Waals surface area contributed by atoms with Crippen molar-refractivity contribution in [2.75, 3.05) is 39.8 Å². The SMILES string of the molecule is CCNC(=NCCCn1ccc2ccccc21)NCCN(C)CC.I. The third-order valence-electron chi connectivity index (χ3n) is 4.18. The van der Waals surface area contributed by atoms with E-state index in [0.717, 1.165) is 51.6 Å². The van der Waals surface area contributed by atoms with Crippen LogP contribution in [-0.2, 0) is 6.54 Å². The Kier molecular flexibility index (Phi) is 10.6. The Hall–Kier alpha value is -1.28. The van der Waals surface area contributed by atoms with Gasteiger partial charge in [0.2, 0.25) is 0 Å². The van der Waals surface area contributed by atoms with Crippen LogP contribution in [0, 0.1) is 0 Å². The number of nitrogens with zero attached hydrogens (tertiary/aromatic N) is 3. The van der Waals surface area contributed by atoms with Gasteiger partial charge >= 0.3 is 0 Å². The van der Waals surface area contributed by atoms with Gasteiger partial charge in [0.05, 0.1) is 0 Å². The van der Waals surface area contributed by atoms with Crippen LogP contribution in [0.1, 0.15) is 20.3 Å². The lowest BCUT2D eigenvalue weighted by molar-refractivity contribution is 0.357. The third-order valence-corrected chi connectivity index (χ3v) is 4.18. The van der Waals surface area contributed by atoms with Crippen molar-refractivity contribution in [3.63, 3.8) is 0 Å². The number of fused-ring (bicyclic) bond motifs is 1. The number of aliphatic imine (C=N–C) groups is 1. The number of guanidine groups is 1. The highest BCUT2D eigenvalue weighted by molar-refractivity contribution is 14.0. The molecule has 0 radical (unpaired) electrons. The van der Waals surface area contributed by atoms with Gasteiger partial charge in [0, 0.05) is 44.4 Å². The highest BCUT2D eigenvalue weighted by atomic mass is 127. The Morgan fingerprint density at radius 3 is 2.72 bits per heavy atom. The predicted molar refractivity (Wildman–Crippen MR) is 119 cm³/mol. The van der Waals surface area contributed by atoms with Crippen molar-refractivity contribution < 1.29 is 0 Å². The first-order chi connectivity index (χ1) is 11.7. The Morgan fingerprint density at radius 1 is 1.16 bits per heavy atom. The summed E-state index contributed by atoms with van der Waals surface area (Å²) in [5.74, 6) is 0.916. The van der Waals surface area contributed by atoms with Crippen molar-refractivity contribution in [2.45, 2.75) is 26.8 Å². The first-order valence-corrected chi connectivity index (χ1v) is 8.99. The predicted octanol–water partition coefficient (Wildman–Crippen LogP) is 3.16. The molecule has 0 aliphatic rings. The molecule has 0 bridgehead atoms. The summed E-state index contributed by atoms with van der Waals surface area (Å²) in [6, 6.07) is 10.7. The zero-order valence-corrected chi connectivity index (χ0v) is 18.0. The van der Waals surface area contributed by atoms with Gasteiger partial charge in [0.1, 0.15) is 0 Å². The standard InChI is InChI=1S/C19H31N5.HI/c1-4-20-19(22-13-16-23(3)5-2)21-12-8-14-24-15-11-17-9-6-7-10-18(17)24;/h6-7,9-11,15H,4-5,8,12-14,16H2,1-3H3,(H2,20,21,22);1H. The van der Waals surface area contributed by atoms with Crippen LogP contribution >= 0.6 is 24.0 Å². The zero-order valence-electron chi connectivity index (χ0n) is 15.7. The summed E-state index contributed by atoms with van der Waals surface area (Å²) in [5, 5.41) is 8.01. The molecule has 2 rings (SSSR count). The lowest BCUT2D eigenvalue weighted by atomic mass is 10.2. The summed E-state index contributed by atoms with van der Waals surface area (Å²) in [6.07, 6.45) is 3.20. The molecule has 0 unspecified atom stereocenters. The Morgan fingerprint density at radius 2 is 1.96 bits per heavy atom. The van der Waals surface area contributed by atoms with Crippen LogP contribution in [0.25, 0.3) is 10.9 Å². The number of benzene rings is 1. The number of para-hydroxylation sites is 1. The highest BCUT2D eigenvalue weighted by Gasteiger charge is 2.01. The monoisotopic (exact) mass is 457 g/mol. The number of hydrogen-bond donors (Lipinski definition) is 2. The number of rotatable bonds is 9. The number of likely N-dealkylation sites (N-methyl/N-ethyl adjacent to an activating group) is 1. The molecule has 5 nitrogen and oxygen atoms in total. The van der Waals surface area contributed by atoms with Crippen molar-refractivity contribution in [3.8, 4) is 0 Å². The molecule has 2 aromatic rings. The van der Waals surface area contributed by atoms with Gasteiger partial charge in [-0.15, -0.1) is 24.0 Å². The Balaban J connectivity index is 0.00000312. The lowest BCUT2D eigenvalue weighted by Crippen LogP contribution is -2.41. The number of hydrogen-bond acceptors (Lipinski definition) is 2. The van der Waals surface area contributed by atoms with Crippen LogP contribution in [0.5, 0.6) is 0 Å². The molecule has 0 atom stereocenters. The fourth-order valence-corrected chi connectivity index (χ4v) is 2.63. The summed E-state index contributed by atoms with van der Waals surface area (Å²) >= 11 is 0. The van der Waals surface area contributed by atoms with E-state index in [4.69, 9.17) is 0 Å². The molecule has 0 spiro atoms. The van der Waals surface area contributed by atoms with E-state index >= 15 is 0 Å². The van der Waals surface area contributed by atoms with E-state index in [-0.39, 0.29) is 24.0 Å². The molecule has 1 aromatic heterocycles. The quantitative estimate of drug-likeness (QED) is 0.263. The van der Waals surface area contributed by atoms with Gasteiger partial charge in [-0.1, -0.05) is 25.1 Å². The molecule has 25 heavy (non-hydrogen) atoms. The fraction of sp³-hybridized carbons (Fsp3) is 0.526. The van der Waals surface area contributed by atoms with Crippen LogP contribution in [0.4, 0.5) is 0 Å². The molecule has 0 aliphatic carbocycles. The first kappa shape index (κ1) is 21.8. The minimum absolute atomic E-state index is 0. The van der Waals surface area contributed by atoms with Gasteiger partial charge in [0.25, 0.3) is 0 Å². The lowest BCUT2D eigenvalue weighted by Gasteiger charge is -2.16. The second kappa shape index (κ2) is 12.1. The normalized spacial score (nSPS) is 11.6.